The maximum atomic E-state index is 12.8. The van der Waals surface area contributed by atoms with E-state index in [-0.39, 0.29) is 0 Å². The number of benzene rings is 4. The fraction of sp³-hybridized carbons (Fsp3) is 0.293. The molecule has 0 fully saturated rings. The van der Waals surface area contributed by atoms with Crippen LogP contribution in [0.15, 0.2) is 97.1 Å². The fourth-order valence-corrected chi connectivity index (χ4v) is 7.34. The lowest BCUT2D eigenvalue weighted by atomic mass is 9.81. The minimum absolute atomic E-state index is 0.354. The van der Waals surface area contributed by atoms with Crippen molar-refractivity contribution in [3.63, 3.8) is 0 Å². The van der Waals surface area contributed by atoms with Gasteiger partial charge < -0.3 is 15.9 Å². The number of aromatic nitrogens is 8. The molecule has 6 aromatic rings. The van der Waals surface area contributed by atoms with E-state index >= 15 is 0 Å². The largest absolute Gasteiger partial charge is 0.481 e. The van der Waals surface area contributed by atoms with Gasteiger partial charge in [-0.1, -0.05) is 105 Å². The standard InChI is InChI=1S/C41H43N9O5/c1-3-10-33(40(52)53)35(38-43-47-48-44-38)23-29-13-6-8-17-32(29)27-14-9-15-30(22-27)50-46-39(45-49-50)36(34(11-4-2)41(54)55)24-28-12-5-7-16-31(28)25-18-20-26(21-19-25)37(42)51/h5-9,12-22,33-36H,3-4,10-11,23-24H2,1-2H3,(H5,42,43,44,47,48,51,52,53,54,55)/p+1. The Bertz CT molecular complexity index is 2240. The molecule has 0 bridgehead atoms. The Morgan fingerprint density at radius 1 is 0.709 bits per heavy atom. The highest BCUT2D eigenvalue weighted by molar-refractivity contribution is 5.93. The molecule has 14 heteroatoms. The van der Waals surface area contributed by atoms with Gasteiger partial charge in [0, 0.05) is 11.5 Å². The minimum atomic E-state index is -0.923. The van der Waals surface area contributed by atoms with Crippen LogP contribution in [-0.2, 0) is 22.4 Å². The zero-order valence-corrected chi connectivity index (χ0v) is 30.7. The number of tetrazole rings is 2. The number of primary amides is 1. The van der Waals surface area contributed by atoms with Crippen LogP contribution in [0.25, 0.3) is 27.9 Å². The number of nitrogens with two attached hydrogens (primary N) is 1. The molecule has 4 atom stereocenters. The lowest BCUT2D eigenvalue weighted by Crippen LogP contribution is -2.36. The van der Waals surface area contributed by atoms with Crippen molar-refractivity contribution >= 4 is 17.8 Å². The van der Waals surface area contributed by atoms with E-state index in [2.05, 4.69) is 30.9 Å². The lowest BCUT2D eigenvalue weighted by molar-refractivity contribution is -0.717. The summed E-state index contributed by atoms with van der Waals surface area (Å²) in [5.74, 6) is -4.15. The number of carbonyl (C=O) groups excluding carboxylic acids is 1. The van der Waals surface area contributed by atoms with Gasteiger partial charge in [-0.2, -0.15) is 5.21 Å². The van der Waals surface area contributed by atoms with E-state index in [1.165, 1.54) is 4.80 Å². The number of nitrogens with zero attached hydrogens (tertiary/aromatic N) is 6. The summed E-state index contributed by atoms with van der Waals surface area (Å²) in [7, 11) is 0. The van der Waals surface area contributed by atoms with Crippen molar-refractivity contribution in [1.29, 1.82) is 0 Å². The van der Waals surface area contributed by atoms with Crippen molar-refractivity contribution in [2.45, 2.75) is 64.2 Å². The lowest BCUT2D eigenvalue weighted by Gasteiger charge is -2.22. The van der Waals surface area contributed by atoms with Crippen molar-refractivity contribution in [1.82, 2.24) is 36.0 Å². The molecule has 282 valence electrons. The van der Waals surface area contributed by atoms with E-state index in [0.29, 0.717) is 61.4 Å². The van der Waals surface area contributed by atoms with Crippen molar-refractivity contribution in [3.05, 3.63) is 125 Å². The average molecular weight is 743 g/mol. The van der Waals surface area contributed by atoms with Crippen LogP contribution < -0.4 is 10.5 Å². The predicted octanol–water partition coefficient (Wildman–Crippen LogP) is 5.68. The monoisotopic (exact) mass is 742 g/mol. The third kappa shape index (κ3) is 8.81. The summed E-state index contributed by atoms with van der Waals surface area (Å²) in [5.41, 5.74) is 11.9. The summed E-state index contributed by atoms with van der Waals surface area (Å²) in [6.07, 6.45) is 2.98. The van der Waals surface area contributed by atoms with Crippen molar-refractivity contribution in [3.8, 4) is 27.9 Å². The number of aliphatic carboxylic acids is 2. The second kappa shape index (κ2) is 17.5. The van der Waals surface area contributed by atoms with E-state index in [0.717, 1.165) is 33.4 Å². The maximum absolute atomic E-state index is 12.8. The average Bonchev–Trinajstić information content (AvgIpc) is 3.92. The Kier molecular flexibility index (Phi) is 12.1. The third-order valence-corrected chi connectivity index (χ3v) is 10.1. The molecule has 4 aromatic carbocycles. The Hall–Kier alpha value is -6.57. The third-order valence-electron chi connectivity index (χ3n) is 10.1. The van der Waals surface area contributed by atoms with Crippen LogP contribution >= 0.6 is 0 Å². The van der Waals surface area contributed by atoms with Crippen LogP contribution in [0.2, 0.25) is 0 Å². The van der Waals surface area contributed by atoms with E-state index < -0.39 is 41.5 Å². The number of nitrogens with one attached hydrogen (secondary N) is 2. The van der Waals surface area contributed by atoms with Crippen LogP contribution in [0.5, 0.6) is 0 Å². The Balaban J connectivity index is 1.33. The molecule has 6 N–H and O–H groups in total. The molecular weight excluding hydrogens is 699 g/mol. The number of hydrogen-bond acceptors (Lipinski definition) is 8. The van der Waals surface area contributed by atoms with E-state index in [4.69, 9.17) is 10.8 Å². The van der Waals surface area contributed by atoms with Crippen LogP contribution in [0.3, 0.4) is 0 Å². The Morgan fingerprint density at radius 3 is 1.84 bits per heavy atom. The highest BCUT2D eigenvalue weighted by atomic mass is 16.4. The van der Waals surface area contributed by atoms with Gasteiger partial charge in [0.2, 0.25) is 5.91 Å². The molecule has 0 aliphatic rings. The van der Waals surface area contributed by atoms with Gasteiger partial charge in [-0.25, -0.2) is 0 Å². The molecule has 0 aliphatic heterocycles. The molecule has 0 spiro atoms. The quantitative estimate of drug-likeness (QED) is 0.0679. The van der Waals surface area contributed by atoms with Crippen molar-refractivity contribution < 1.29 is 29.4 Å². The van der Waals surface area contributed by atoms with Crippen LogP contribution in [-0.4, -0.2) is 64.1 Å². The number of rotatable bonds is 18. The number of carbonyl (C=O) groups is 3. The van der Waals surface area contributed by atoms with E-state index in [1.54, 1.807) is 12.1 Å². The molecule has 0 saturated heterocycles. The van der Waals surface area contributed by atoms with Gasteiger partial charge in [0.05, 0.1) is 22.9 Å². The summed E-state index contributed by atoms with van der Waals surface area (Å²) in [6.45, 7) is 3.91. The first-order valence-electron chi connectivity index (χ1n) is 18.4. The highest BCUT2D eigenvalue weighted by Crippen LogP contribution is 2.36. The zero-order chi connectivity index (χ0) is 38.9. The van der Waals surface area contributed by atoms with E-state index in [9.17, 15) is 24.6 Å². The molecule has 4 unspecified atom stereocenters. The molecule has 6 rings (SSSR count). The number of hydrogen-bond donors (Lipinski definition) is 5. The molecule has 0 aliphatic carbocycles. The summed E-state index contributed by atoms with van der Waals surface area (Å²) in [6, 6.07) is 30.4. The number of aromatic amines is 2. The van der Waals surface area contributed by atoms with Gasteiger partial charge in [-0.05, 0) is 98.4 Å². The summed E-state index contributed by atoms with van der Waals surface area (Å²) < 4.78 is 0. The Labute approximate surface area is 317 Å². The summed E-state index contributed by atoms with van der Waals surface area (Å²) in [5, 5.41) is 47.6. The number of carboxylic acids is 2. The fourth-order valence-electron chi connectivity index (χ4n) is 7.34. The molecule has 1 amide bonds. The van der Waals surface area contributed by atoms with E-state index in [1.807, 2.05) is 98.8 Å². The van der Waals surface area contributed by atoms with Crippen LogP contribution in [0.4, 0.5) is 0 Å². The smallest absolute Gasteiger partial charge is 0.313 e. The van der Waals surface area contributed by atoms with Crippen LogP contribution in [0.1, 0.15) is 84.5 Å². The van der Waals surface area contributed by atoms with Crippen LogP contribution in [0, 0.1) is 11.8 Å². The van der Waals surface area contributed by atoms with Gasteiger partial charge in [-0.3, -0.25) is 14.4 Å². The number of H-pyrrole nitrogens is 2. The van der Waals surface area contributed by atoms with Gasteiger partial charge in [0.25, 0.3) is 0 Å². The Morgan fingerprint density at radius 2 is 1.29 bits per heavy atom. The molecule has 0 saturated carbocycles. The zero-order valence-electron chi connectivity index (χ0n) is 30.7. The molecule has 14 nitrogen and oxygen atoms in total. The first-order valence-corrected chi connectivity index (χ1v) is 18.4. The predicted molar refractivity (Wildman–Crippen MR) is 203 cm³/mol. The first-order chi connectivity index (χ1) is 26.7. The van der Waals surface area contributed by atoms with Gasteiger partial charge >= 0.3 is 17.8 Å². The second-order valence-corrected chi connectivity index (χ2v) is 13.6. The summed E-state index contributed by atoms with van der Waals surface area (Å²) in [4.78, 5) is 38.4. The second-order valence-electron chi connectivity index (χ2n) is 13.6. The first kappa shape index (κ1) is 38.2. The SMILES string of the molecule is CCCC(C(=O)O)C(Cc1ccccc1-c1cccc(-[n+]2nc(C(Cc3ccccc3-c3ccc(C(N)=O)cc3)C(CCC)C(=O)O)n[nH]2)c1)c1nn[nH]n1. The molecular formula is C41H44N9O5+. The number of carboxylic acid groups (broad SMARTS) is 2. The van der Waals surface area contributed by atoms with Crippen molar-refractivity contribution in [2.75, 3.05) is 0 Å². The molecule has 0 radical (unpaired) electrons. The maximum Gasteiger partial charge on any atom is 0.313 e. The molecule has 55 heavy (non-hydrogen) atoms. The molecule has 2 aromatic heterocycles. The molecule has 2 heterocycles. The number of amides is 1. The normalized spacial score (nSPS) is 13.5. The highest BCUT2D eigenvalue weighted by Gasteiger charge is 2.37. The van der Waals surface area contributed by atoms with Gasteiger partial charge in [0.15, 0.2) is 11.5 Å². The van der Waals surface area contributed by atoms with Gasteiger partial charge in [0.1, 0.15) is 0 Å². The van der Waals surface area contributed by atoms with Crippen molar-refractivity contribution in [2.24, 2.45) is 17.6 Å². The summed E-state index contributed by atoms with van der Waals surface area (Å²) >= 11 is 0. The topological polar surface area (TPSA) is 218 Å². The minimum Gasteiger partial charge on any atom is -0.481 e. The van der Waals surface area contributed by atoms with Gasteiger partial charge in [-0.15, -0.1) is 10.2 Å².